The third-order valence-corrected chi connectivity index (χ3v) is 3.90. The minimum Gasteiger partial charge on any atom is -0.351 e. The van der Waals surface area contributed by atoms with Gasteiger partial charge in [0.1, 0.15) is 0 Å². The number of hydrogen-bond acceptors (Lipinski definition) is 3. The van der Waals surface area contributed by atoms with Gasteiger partial charge in [-0.05, 0) is 22.0 Å². The number of carbonyl (C=O) groups is 1. The predicted octanol–water partition coefficient (Wildman–Crippen LogP) is 1.46. The maximum absolute atomic E-state index is 11.6. The lowest BCUT2D eigenvalue weighted by molar-refractivity contribution is 0.0946. The molecule has 2 rings (SSSR count). The number of thiophene rings is 1. The summed E-state index contributed by atoms with van der Waals surface area (Å²) in [6.07, 6.45) is 0. The van der Waals surface area contributed by atoms with Crippen LogP contribution in [0.5, 0.6) is 0 Å². The van der Waals surface area contributed by atoms with E-state index in [1.807, 2.05) is 11.4 Å². The van der Waals surface area contributed by atoms with E-state index in [2.05, 4.69) is 26.6 Å². The quantitative estimate of drug-likeness (QED) is 0.877. The molecule has 0 saturated carbocycles. The van der Waals surface area contributed by atoms with Gasteiger partial charge in [-0.25, -0.2) is 0 Å². The molecule has 1 aliphatic heterocycles. The van der Waals surface area contributed by atoms with Crippen LogP contribution in [-0.4, -0.2) is 25.5 Å². The van der Waals surface area contributed by atoms with E-state index in [-0.39, 0.29) is 5.91 Å². The van der Waals surface area contributed by atoms with E-state index in [0.717, 1.165) is 29.0 Å². The summed E-state index contributed by atoms with van der Waals surface area (Å²) < 4.78 is 0.970. The molecule has 5 heteroatoms. The van der Waals surface area contributed by atoms with Gasteiger partial charge in [0.25, 0.3) is 5.91 Å². The van der Waals surface area contributed by atoms with E-state index in [1.165, 1.54) is 11.3 Å². The van der Waals surface area contributed by atoms with Crippen LogP contribution in [0.2, 0.25) is 0 Å². The molecule has 1 saturated heterocycles. The lowest BCUT2D eigenvalue weighted by atomic mass is 10.0. The first kappa shape index (κ1) is 10.1. The van der Waals surface area contributed by atoms with Gasteiger partial charge in [0.15, 0.2) is 0 Å². The number of rotatable bonds is 3. The van der Waals surface area contributed by atoms with Crippen molar-refractivity contribution in [3.63, 3.8) is 0 Å². The van der Waals surface area contributed by atoms with Gasteiger partial charge < -0.3 is 10.6 Å². The Balaban J connectivity index is 1.82. The third-order valence-electron chi connectivity index (χ3n) is 2.21. The van der Waals surface area contributed by atoms with Crippen LogP contribution < -0.4 is 10.6 Å². The van der Waals surface area contributed by atoms with Crippen molar-refractivity contribution in [1.82, 2.24) is 10.6 Å². The Morgan fingerprint density at radius 2 is 2.50 bits per heavy atom. The maximum Gasteiger partial charge on any atom is 0.261 e. The van der Waals surface area contributed by atoms with Crippen molar-refractivity contribution in [1.29, 1.82) is 0 Å². The summed E-state index contributed by atoms with van der Waals surface area (Å²) >= 11 is 4.79. The first-order chi connectivity index (χ1) is 6.75. The summed E-state index contributed by atoms with van der Waals surface area (Å²) in [5.74, 6) is 0.648. The van der Waals surface area contributed by atoms with Gasteiger partial charge in [0.2, 0.25) is 0 Å². The highest BCUT2D eigenvalue weighted by molar-refractivity contribution is 9.10. The lowest BCUT2D eigenvalue weighted by Crippen LogP contribution is -2.48. The molecule has 0 unspecified atom stereocenters. The molecule has 14 heavy (non-hydrogen) atoms. The molecule has 1 aromatic rings. The van der Waals surface area contributed by atoms with Gasteiger partial charge in [-0.1, -0.05) is 0 Å². The largest absolute Gasteiger partial charge is 0.351 e. The molecule has 0 bridgehead atoms. The Bertz CT molecular complexity index is 335. The van der Waals surface area contributed by atoms with Crippen molar-refractivity contribution in [2.24, 2.45) is 5.92 Å². The SMILES string of the molecule is O=C(NCC1CNC1)c1cc(Br)cs1. The normalized spacial score (nSPS) is 16.4. The van der Waals surface area contributed by atoms with Gasteiger partial charge in [-0.3, -0.25) is 4.79 Å². The minimum absolute atomic E-state index is 0.0348. The molecule has 0 aromatic carbocycles. The molecule has 2 N–H and O–H groups in total. The minimum atomic E-state index is 0.0348. The van der Waals surface area contributed by atoms with E-state index in [9.17, 15) is 4.79 Å². The summed E-state index contributed by atoms with van der Waals surface area (Å²) in [5.41, 5.74) is 0. The second-order valence-corrected chi connectivity index (χ2v) is 5.19. The van der Waals surface area contributed by atoms with Crippen molar-refractivity contribution >= 4 is 33.2 Å². The molecule has 76 valence electrons. The Morgan fingerprint density at radius 3 is 3.00 bits per heavy atom. The Morgan fingerprint density at radius 1 is 1.71 bits per heavy atom. The summed E-state index contributed by atoms with van der Waals surface area (Å²) in [5, 5.41) is 8.01. The van der Waals surface area contributed by atoms with Gasteiger partial charge in [-0.15, -0.1) is 11.3 Å². The average Bonchev–Trinajstić information content (AvgIpc) is 2.49. The molecule has 3 nitrogen and oxygen atoms in total. The van der Waals surface area contributed by atoms with Crippen LogP contribution in [0.25, 0.3) is 0 Å². The topological polar surface area (TPSA) is 41.1 Å². The van der Waals surface area contributed by atoms with Gasteiger partial charge in [-0.2, -0.15) is 0 Å². The zero-order valence-corrected chi connectivity index (χ0v) is 9.95. The fourth-order valence-electron chi connectivity index (χ4n) is 1.25. The summed E-state index contributed by atoms with van der Waals surface area (Å²) in [7, 11) is 0. The molecule has 2 heterocycles. The van der Waals surface area contributed by atoms with Crippen molar-refractivity contribution in [3.8, 4) is 0 Å². The second-order valence-electron chi connectivity index (χ2n) is 3.36. The summed E-state index contributed by atoms with van der Waals surface area (Å²) in [4.78, 5) is 12.3. The van der Waals surface area contributed by atoms with E-state index in [4.69, 9.17) is 0 Å². The van der Waals surface area contributed by atoms with Crippen LogP contribution in [0.3, 0.4) is 0 Å². The van der Waals surface area contributed by atoms with Crippen LogP contribution in [0.4, 0.5) is 0 Å². The fourth-order valence-corrected chi connectivity index (χ4v) is 2.59. The van der Waals surface area contributed by atoms with Gasteiger partial charge in [0.05, 0.1) is 4.88 Å². The lowest BCUT2D eigenvalue weighted by Gasteiger charge is -2.26. The Kier molecular flexibility index (Phi) is 3.20. The van der Waals surface area contributed by atoms with Crippen molar-refractivity contribution in [2.45, 2.75) is 0 Å². The molecule has 1 aliphatic rings. The first-order valence-corrected chi connectivity index (χ1v) is 6.16. The first-order valence-electron chi connectivity index (χ1n) is 4.48. The highest BCUT2D eigenvalue weighted by Gasteiger charge is 2.17. The fraction of sp³-hybridized carbons (Fsp3) is 0.444. The maximum atomic E-state index is 11.6. The van der Waals surface area contributed by atoms with Crippen molar-refractivity contribution in [3.05, 3.63) is 20.8 Å². The van der Waals surface area contributed by atoms with E-state index < -0.39 is 0 Å². The highest BCUT2D eigenvalue weighted by Crippen LogP contribution is 2.19. The number of amides is 1. The molecule has 0 aliphatic carbocycles. The van der Waals surface area contributed by atoms with Gasteiger partial charge >= 0.3 is 0 Å². The summed E-state index contributed by atoms with van der Waals surface area (Å²) in [6, 6.07) is 1.85. The molecule has 0 radical (unpaired) electrons. The molecular formula is C9H11BrN2OS. The number of nitrogens with one attached hydrogen (secondary N) is 2. The third kappa shape index (κ3) is 2.34. The standard InChI is InChI=1S/C9H11BrN2OS/c10-7-1-8(14-5-7)9(13)12-4-6-2-11-3-6/h1,5-6,11H,2-4H2,(H,12,13). The molecule has 1 amide bonds. The van der Waals surface area contributed by atoms with Crippen LogP contribution in [-0.2, 0) is 0 Å². The smallest absolute Gasteiger partial charge is 0.261 e. The van der Waals surface area contributed by atoms with Crippen LogP contribution in [0, 0.1) is 5.92 Å². The summed E-state index contributed by atoms with van der Waals surface area (Å²) in [6.45, 7) is 2.82. The molecular weight excluding hydrogens is 264 g/mol. The van der Waals surface area contributed by atoms with E-state index in [0.29, 0.717) is 5.92 Å². The van der Waals surface area contributed by atoms with Gasteiger partial charge in [0, 0.05) is 35.4 Å². The number of halogens is 1. The second kappa shape index (κ2) is 4.42. The van der Waals surface area contributed by atoms with Crippen LogP contribution in [0.15, 0.2) is 15.9 Å². The predicted molar refractivity (Wildman–Crippen MR) is 60.7 cm³/mol. The molecule has 0 atom stereocenters. The Hall–Kier alpha value is -0.390. The zero-order valence-electron chi connectivity index (χ0n) is 7.55. The van der Waals surface area contributed by atoms with E-state index >= 15 is 0 Å². The number of hydrogen-bond donors (Lipinski definition) is 2. The molecule has 1 aromatic heterocycles. The van der Waals surface area contributed by atoms with Crippen molar-refractivity contribution < 1.29 is 4.79 Å². The monoisotopic (exact) mass is 274 g/mol. The Labute approximate surface area is 95.0 Å². The average molecular weight is 275 g/mol. The number of carbonyl (C=O) groups excluding carboxylic acids is 1. The van der Waals surface area contributed by atoms with Crippen LogP contribution >= 0.6 is 27.3 Å². The van der Waals surface area contributed by atoms with E-state index in [1.54, 1.807) is 0 Å². The zero-order chi connectivity index (χ0) is 9.97. The van der Waals surface area contributed by atoms with Crippen LogP contribution in [0.1, 0.15) is 9.67 Å². The molecule has 1 fully saturated rings. The molecule has 0 spiro atoms. The van der Waals surface area contributed by atoms with Crippen molar-refractivity contribution in [2.75, 3.05) is 19.6 Å². The highest BCUT2D eigenvalue weighted by atomic mass is 79.9.